The predicted molar refractivity (Wildman–Crippen MR) is 88.4 cm³/mol. The maximum atomic E-state index is 3.76. The average Bonchev–Trinajstić information content (AvgIpc) is 2.37. The molecule has 2 rings (SSSR count). The van der Waals surface area contributed by atoms with E-state index in [4.69, 9.17) is 0 Å². The van der Waals surface area contributed by atoms with Crippen LogP contribution >= 0.6 is 0 Å². The molecule has 1 aromatic rings. The second-order valence-electron chi connectivity index (χ2n) is 7.63. The van der Waals surface area contributed by atoms with E-state index < -0.39 is 0 Å². The second kappa shape index (κ2) is 5.77. The highest BCUT2D eigenvalue weighted by atomic mass is 15.2. The van der Waals surface area contributed by atoms with Gasteiger partial charge in [0.1, 0.15) is 0 Å². The zero-order valence-corrected chi connectivity index (χ0v) is 13.9. The Morgan fingerprint density at radius 1 is 1.25 bits per heavy atom. The standard InChI is InChI=1S/C18H30N2/c1-13(2)16-11-19-17(18(4,5)6)12-20(16)15-9-7-8-14(3)10-15/h7-10,13,16-17,19H,11-12H2,1-6H3. The maximum Gasteiger partial charge on any atom is 0.0438 e. The van der Waals surface area contributed by atoms with Crippen molar-refractivity contribution in [2.45, 2.75) is 53.6 Å². The highest BCUT2D eigenvalue weighted by molar-refractivity contribution is 5.50. The van der Waals surface area contributed by atoms with E-state index in [-0.39, 0.29) is 0 Å². The first kappa shape index (κ1) is 15.4. The first-order valence-electron chi connectivity index (χ1n) is 7.85. The van der Waals surface area contributed by atoms with Crippen LogP contribution in [0.4, 0.5) is 5.69 Å². The number of nitrogens with zero attached hydrogens (tertiary/aromatic N) is 1. The normalized spacial score (nSPS) is 24.2. The highest BCUT2D eigenvalue weighted by Gasteiger charge is 2.35. The van der Waals surface area contributed by atoms with Crippen LogP contribution in [0.5, 0.6) is 0 Å². The average molecular weight is 274 g/mol. The lowest BCUT2D eigenvalue weighted by Crippen LogP contribution is -2.62. The molecular weight excluding hydrogens is 244 g/mol. The van der Waals surface area contributed by atoms with Gasteiger partial charge in [0.2, 0.25) is 0 Å². The topological polar surface area (TPSA) is 15.3 Å². The maximum absolute atomic E-state index is 3.76. The summed E-state index contributed by atoms with van der Waals surface area (Å²) >= 11 is 0. The molecule has 2 unspecified atom stereocenters. The van der Waals surface area contributed by atoms with Gasteiger partial charge in [-0.25, -0.2) is 0 Å². The van der Waals surface area contributed by atoms with E-state index in [0.717, 1.165) is 13.1 Å². The summed E-state index contributed by atoms with van der Waals surface area (Å²) in [5, 5.41) is 3.76. The summed E-state index contributed by atoms with van der Waals surface area (Å²) in [4.78, 5) is 2.62. The van der Waals surface area contributed by atoms with Crippen LogP contribution in [0.1, 0.15) is 40.2 Å². The Kier molecular flexibility index (Phi) is 4.43. The van der Waals surface area contributed by atoms with Crippen LogP contribution in [0.3, 0.4) is 0 Å². The van der Waals surface area contributed by atoms with Crippen molar-refractivity contribution in [2.75, 3.05) is 18.0 Å². The van der Waals surface area contributed by atoms with Gasteiger partial charge in [-0.05, 0) is 36.0 Å². The predicted octanol–water partition coefficient (Wildman–Crippen LogP) is 3.84. The van der Waals surface area contributed by atoms with E-state index >= 15 is 0 Å². The monoisotopic (exact) mass is 274 g/mol. The molecule has 1 heterocycles. The molecule has 20 heavy (non-hydrogen) atoms. The summed E-state index contributed by atoms with van der Waals surface area (Å²) < 4.78 is 0. The largest absolute Gasteiger partial charge is 0.365 e. The van der Waals surface area contributed by atoms with E-state index in [1.807, 2.05) is 0 Å². The fourth-order valence-corrected chi connectivity index (χ4v) is 3.05. The van der Waals surface area contributed by atoms with Crippen molar-refractivity contribution in [3.63, 3.8) is 0 Å². The van der Waals surface area contributed by atoms with E-state index in [1.165, 1.54) is 11.3 Å². The lowest BCUT2D eigenvalue weighted by atomic mass is 9.83. The summed E-state index contributed by atoms with van der Waals surface area (Å²) in [7, 11) is 0. The molecule has 0 aromatic heterocycles. The Hall–Kier alpha value is -1.02. The first-order valence-corrected chi connectivity index (χ1v) is 7.85. The highest BCUT2D eigenvalue weighted by Crippen LogP contribution is 2.29. The van der Waals surface area contributed by atoms with Crippen LogP contribution in [0.15, 0.2) is 24.3 Å². The number of aryl methyl sites for hydroxylation is 1. The molecule has 1 aliphatic heterocycles. The fraction of sp³-hybridized carbons (Fsp3) is 0.667. The molecule has 1 aliphatic rings. The zero-order valence-electron chi connectivity index (χ0n) is 13.9. The molecule has 2 atom stereocenters. The molecule has 0 amide bonds. The zero-order chi connectivity index (χ0) is 14.9. The fourth-order valence-electron chi connectivity index (χ4n) is 3.05. The Morgan fingerprint density at radius 2 is 1.95 bits per heavy atom. The van der Waals surface area contributed by atoms with Gasteiger partial charge >= 0.3 is 0 Å². The summed E-state index contributed by atoms with van der Waals surface area (Å²) in [5.41, 5.74) is 3.01. The van der Waals surface area contributed by atoms with Gasteiger partial charge in [-0.15, -0.1) is 0 Å². The molecule has 1 saturated heterocycles. The third-order valence-corrected chi connectivity index (χ3v) is 4.50. The number of nitrogens with one attached hydrogen (secondary N) is 1. The Bertz CT molecular complexity index is 445. The Labute approximate surface area is 124 Å². The van der Waals surface area contributed by atoms with Crippen molar-refractivity contribution < 1.29 is 0 Å². The summed E-state index contributed by atoms with van der Waals surface area (Å²) in [5.74, 6) is 0.656. The van der Waals surface area contributed by atoms with Crippen molar-refractivity contribution in [3.05, 3.63) is 29.8 Å². The van der Waals surface area contributed by atoms with E-state index in [0.29, 0.717) is 23.4 Å². The second-order valence-corrected chi connectivity index (χ2v) is 7.63. The minimum atomic E-state index is 0.296. The van der Waals surface area contributed by atoms with Gasteiger partial charge < -0.3 is 10.2 Å². The first-order chi connectivity index (χ1) is 9.29. The summed E-state index contributed by atoms with van der Waals surface area (Å²) in [6, 6.07) is 10.1. The lowest BCUT2D eigenvalue weighted by Gasteiger charge is -2.47. The van der Waals surface area contributed by atoms with Gasteiger partial charge in [0.15, 0.2) is 0 Å². The van der Waals surface area contributed by atoms with Gasteiger partial charge in [0.05, 0.1) is 0 Å². The molecule has 2 heteroatoms. The third-order valence-electron chi connectivity index (χ3n) is 4.50. The minimum absolute atomic E-state index is 0.296. The Balaban J connectivity index is 2.28. The van der Waals surface area contributed by atoms with E-state index in [9.17, 15) is 0 Å². The lowest BCUT2D eigenvalue weighted by molar-refractivity contribution is 0.221. The van der Waals surface area contributed by atoms with Crippen LogP contribution in [-0.4, -0.2) is 25.2 Å². The van der Waals surface area contributed by atoms with E-state index in [1.54, 1.807) is 0 Å². The minimum Gasteiger partial charge on any atom is -0.365 e. The van der Waals surface area contributed by atoms with Crippen molar-refractivity contribution in [3.8, 4) is 0 Å². The van der Waals surface area contributed by atoms with Crippen molar-refractivity contribution >= 4 is 5.69 Å². The smallest absolute Gasteiger partial charge is 0.0438 e. The number of piperazine rings is 1. The van der Waals surface area contributed by atoms with Crippen LogP contribution in [0.2, 0.25) is 0 Å². The van der Waals surface area contributed by atoms with Crippen LogP contribution in [0.25, 0.3) is 0 Å². The molecule has 1 aromatic carbocycles. The molecule has 1 N–H and O–H groups in total. The quantitative estimate of drug-likeness (QED) is 0.881. The number of hydrogen-bond acceptors (Lipinski definition) is 2. The van der Waals surface area contributed by atoms with Gasteiger partial charge in [-0.2, -0.15) is 0 Å². The number of benzene rings is 1. The molecule has 112 valence electrons. The van der Waals surface area contributed by atoms with E-state index in [2.05, 4.69) is 76.0 Å². The molecule has 0 spiro atoms. The molecule has 1 fully saturated rings. The molecule has 0 bridgehead atoms. The number of hydrogen-bond donors (Lipinski definition) is 1. The molecule has 0 aliphatic carbocycles. The van der Waals surface area contributed by atoms with Crippen LogP contribution < -0.4 is 10.2 Å². The van der Waals surface area contributed by atoms with Gasteiger partial charge in [0, 0.05) is 30.9 Å². The molecule has 0 saturated carbocycles. The van der Waals surface area contributed by atoms with Crippen molar-refractivity contribution in [1.82, 2.24) is 5.32 Å². The van der Waals surface area contributed by atoms with Gasteiger partial charge in [-0.1, -0.05) is 46.8 Å². The summed E-state index contributed by atoms with van der Waals surface area (Å²) in [6.45, 7) is 16.0. The van der Waals surface area contributed by atoms with Crippen LogP contribution in [-0.2, 0) is 0 Å². The van der Waals surface area contributed by atoms with Gasteiger partial charge in [0.25, 0.3) is 0 Å². The molecule has 0 radical (unpaired) electrons. The summed E-state index contributed by atoms with van der Waals surface area (Å²) in [6.07, 6.45) is 0. The number of anilines is 1. The Morgan fingerprint density at radius 3 is 2.50 bits per heavy atom. The molecular formula is C18H30N2. The SMILES string of the molecule is Cc1cccc(N2CC(C(C)(C)C)NCC2C(C)C)c1. The third kappa shape index (κ3) is 3.35. The van der Waals surface area contributed by atoms with Crippen molar-refractivity contribution in [2.24, 2.45) is 11.3 Å². The van der Waals surface area contributed by atoms with Crippen molar-refractivity contribution in [1.29, 1.82) is 0 Å². The molecule has 2 nitrogen and oxygen atoms in total. The number of rotatable bonds is 2. The van der Waals surface area contributed by atoms with Gasteiger partial charge in [-0.3, -0.25) is 0 Å². The van der Waals surface area contributed by atoms with Crippen LogP contribution in [0, 0.1) is 18.3 Å².